The predicted octanol–water partition coefficient (Wildman–Crippen LogP) is 0.622. The monoisotopic (exact) mass is 300 g/mol. The van der Waals surface area contributed by atoms with Gasteiger partial charge >= 0.3 is 0 Å². The number of para-hydroxylation sites is 1. The summed E-state index contributed by atoms with van der Waals surface area (Å²) in [7, 11) is 0. The standard InChI is InChI=1S/C16H20N4O2/c21-11-10-18-6-8-19(9-7-18)16(22)15-12-17-13-20(15)14-4-2-1-3-5-14/h1-5,12-13,21H,6-11H2. The first kappa shape index (κ1) is 14.7. The molecule has 3 rings (SSSR count). The van der Waals surface area contributed by atoms with Gasteiger partial charge in [-0.1, -0.05) is 18.2 Å². The number of β-amino-alcohol motifs (C(OH)–C–C–N with tert-alkyl or cyclic N) is 1. The fourth-order valence-corrected chi connectivity index (χ4v) is 2.73. The zero-order valence-electron chi connectivity index (χ0n) is 12.4. The van der Waals surface area contributed by atoms with Gasteiger partial charge in [-0.15, -0.1) is 0 Å². The predicted molar refractivity (Wildman–Crippen MR) is 83.0 cm³/mol. The summed E-state index contributed by atoms with van der Waals surface area (Å²) in [6, 6.07) is 9.74. The van der Waals surface area contributed by atoms with Crippen molar-refractivity contribution in [1.82, 2.24) is 19.4 Å². The molecule has 2 aromatic rings. The number of hydrogen-bond acceptors (Lipinski definition) is 4. The summed E-state index contributed by atoms with van der Waals surface area (Å²) in [4.78, 5) is 20.9. The number of amides is 1. The van der Waals surface area contributed by atoms with E-state index in [9.17, 15) is 4.79 Å². The molecule has 2 heterocycles. The first-order valence-electron chi connectivity index (χ1n) is 7.50. The van der Waals surface area contributed by atoms with E-state index < -0.39 is 0 Å². The molecule has 22 heavy (non-hydrogen) atoms. The molecular formula is C16H20N4O2. The molecule has 0 aliphatic carbocycles. The van der Waals surface area contributed by atoms with Crippen LogP contribution in [0.3, 0.4) is 0 Å². The number of piperazine rings is 1. The molecule has 0 spiro atoms. The fourth-order valence-electron chi connectivity index (χ4n) is 2.73. The molecule has 0 unspecified atom stereocenters. The maximum atomic E-state index is 12.7. The van der Waals surface area contributed by atoms with Gasteiger partial charge in [0.25, 0.3) is 5.91 Å². The third-order valence-electron chi connectivity index (χ3n) is 3.97. The number of aromatic nitrogens is 2. The molecule has 1 amide bonds. The molecule has 0 radical (unpaired) electrons. The van der Waals surface area contributed by atoms with Gasteiger partial charge in [0.15, 0.2) is 0 Å². The van der Waals surface area contributed by atoms with Crippen LogP contribution in [0.25, 0.3) is 5.69 Å². The minimum absolute atomic E-state index is 0.00463. The number of imidazole rings is 1. The average Bonchev–Trinajstić information content (AvgIpc) is 3.06. The van der Waals surface area contributed by atoms with Crippen molar-refractivity contribution in [1.29, 1.82) is 0 Å². The van der Waals surface area contributed by atoms with Crippen LogP contribution < -0.4 is 0 Å². The van der Waals surface area contributed by atoms with E-state index in [0.29, 0.717) is 25.3 Å². The van der Waals surface area contributed by atoms with Gasteiger partial charge in [-0.2, -0.15) is 0 Å². The van der Waals surface area contributed by atoms with Crippen molar-refractivity contribution < 1.29 is 9.90 Å². The van der Waals surface area contributed by atoms with Crippen molar-refractivity contribution >= 4 is 5.91 Å². The summed E-state index contributed by atoms with van der Waals surface area (Å²) in [5.41, 5.74) is 1.52. The number of rotatable bonds is 4. The lowest BCUT2D eigenvalue weighted by Gasteiger charge is -2.34. The maximum Gasteiger partial charge on any atom is 0.272 e. The third kappa shape index (κ3) is 3.03. The molecular weight excluding hydrogens is 280 g/mol. The van der Waals surface area contributed by atoms with Gasteiger partial charge < -0.3 is 10.0 Å². The lowest BCUT2D eigenvalue weighted by molar-refractivity contribution is 0.0607. The van der Waals surface area contributed by atoms with Crippen molar-refractivity contribution in [2.45, 2.75) is 0 Å². The molecule has 1 aromatic heterocycles. The van der Waals surface area contributed by atoms with Gasteiger partial charge in [-0.3, -0.25) is 14.3 Å². The van der Waals surface area contributed by atoms with Crippen LogP contribution in [0.15, 0.2) is 42.9 Å². The zero-order chi connectivity index (χ0) is 15.4. The lowest BCUT2D eigenvalue weighted by atomic mass is 10.2. The second-order valence-corrected chi connectivity index (χ2v) is 5.34. The van der Waals surface area contributed by atoms with Crippen LogP contribution in [0.5, 0.6) is 0 Å². The SMILES string of the molecule is O=C(c1cncn1-c1ccccc1)N1CCN(CCO)CC1. The van der Waals surface area contributed by atoms with E-state index in [1.54, 1.807) is 12.5 Å². The Morgan fingerprint density at radius 3 is 2.55 bits per heavy atom. The molecule has 6 nitrogen and oxygen atoms in total. The number of carbonyl (C=O) groups excluding carboxylic acids is 1. The highest BCUT2D eigenvalue weighted by atomic mass is 16.3. The lowest BCUT2D eigenvalue weighted by Crippen LogP contribution is -2.49. The second kappa shape index (κ2) is 6.72. The molecule has 1 aliphatic rings. The Kier molecular flexibility index (Phi) is 4.50. The molecule has 1 fully saturated rings. The van der Waals surface area contributed by atoms with E-state index in [1.807, 2.05) is 39.8 Å². The molecule has 1 N–H and O–H groups in total. The molecule has 1 saturated heterocycles. The van der Waals surface area contributed by atoms with Gasteiger partial charge in [0.2, 0.25) is 0 Å². The van der Waals surface area contributed by atoms with E-state index in [4.69, 9.17) is 5.11 Å². The summed E-state index contributed by atoms with van der Waals surface area (Å²) in [5, 5.41) is 8.97. The highest BCUT2D eigenvalue weighted by molar-refractivity contribution is 5.93. The zero-order valence-corrected chi connectivity index (χ0v) is 12.4. The molecule has 1 aromatic carbocycles. The summed E-state index contributed by atoms with van der Waals surface area (Å²) in [6.45, 7) is 3.79. The first-order chi connectivity index (χ1) is 10.8. The molecule has 0 saturated carbocycles. The number of nitrogens with zero attached hydrogens (tertiary/aromatic N) is 4. The van der Waals surface area contributed by atoms with E-state index in [0.717, 1.165) is 18.8 Å². The van der Waals surface area contributed by atoms with Gasteiger partial charge in [-0.25, -0.2) is 4.98 Å². The number of benzene rings is 1. The average molecular weight is 300 g/mol. The minimum Gasteiger partial charge on any atom is -0.395 e. The van der Waals surface area contributed by atoms with E-state index in [1.165, 1.54) is 0 Å². The van der Waals surface area contributed by atoms with Crippen molar-refractivity contribution in [3.63, 3.8) is 0 Å². The summed E-state index contributed by atoms with van der Waals surface area (Å²) in [5.74, 6) is 0.00463. The summed E-state index contributed by atoms with van der Waals surface area (Å²) >= 11 is 0. The van der Waals surface area contributed by atoms with Crippen LogP contribution in [-0.2, 0) is 0 Å². The minimum atomic E-state index is 0.00463. The number of aliphatic hydroxyl groups excluding tert-OH is 1. The van der Waals surface area contributed by atoms with Crippen LogP contribution in [0.2, 0.25) is 0 Å². The van der Waals surface area contributed by atoms with Crippen molar-refractivity contribution in [3.05, 3.63) is 48.5 Å². The molecule has 6 heteroatoms. The Hall–Kier alpha value is -2.18. The number of hydrogen-bond donors (Lipinski definition) is 1. The van der Waals surface area contributed by atoms with E-state index in [2.05, 4.69) is 9.88 Å². The van der Waals surface area contributed by atoms with Crippen LogP contribution in [0.1, 0.15) is 10.5 Å². The Balaban J connectivity index is 1.73. The van der Waals surface area contributed by atoms with Crippen LogP contribution >= 0.6 is 0 Å². The largest absolute Gasteiger partial charge is 0.395 e. The van der Waals surface area contributed by atoms with Crippen LogP contribution in [-0.4, -0.2) is 69.7 Å². The number of carbonyl (C=O) groups is 1. The number of aliphatic hydroxyl groups is 1. The van der Waals surface area contributed by atoms with Crippen LogP contribution in [0.4, 0.5) is 0 Å². The Morgan fingerprint density at radius 1 is 1.14 bits per heavy atom. The van der Waals surface area contributed by atoms with E-state index in [-0.39, 0.29) is 12.5 Å². The first-order valence-corrected chi connectivity index (χ1v) is 7.50. The van der Waals surface area contributed by atoms with Gasteiger partial charge in [0.1, 0.15) is 5.69 Å². The Morgan fingerprint density at radius 2 is 1.86 bits per heavy atom. The second-order valence-electron chi connectivity index (χ2n) is 5.34. The van der Waals surface area contributed by atoms with Crippen molar-refractivity contribution in [2.75, 3.05) is 39.3 Å². The topological polar surface area (TPSA) is 61.6 Å². The van der Waals surface area contributed by atoms with Crippen molar-refractivity contribution in [3.8, 4) is 5.69 Å². The summed E-state index contributed by atoms with van der Waals surface area (Å²) in [6.07, 6.45) is 3.29. The fraction of sp³-hybridized carbons (Fsp3) is 0.375. The normalized spacial score (nSPS) is 16.0. The smallest absolute Gasteiger partial charge is 0.272 e. The third-order valence-corrected chi connectivity index (χ3v) is 3.97. The highest BCUT2D eigenvalue weighted by Crippen LogP contribution is 2.14. The Bertz CT molecular complexity index is 618. The highest BCUT2D eigenvalue weighted by Gasteiger charge is 2.24. The van der Waals surface area contributed by atoms with Gasteiger partial charge in [-0.05, 0) is 12.1 Å². The summed E-state index contributed by atoms with van der Waals surface area (Å²) < 4.78 is 1.82. The van der Waals surface area contributed by atoms with Gasteiger partial charge in [0, 0.05) is 38.4 Å². The van der Waals surface area contributed by atoms with Crippen molar-refractivity contribution in [2.24, 2.45) is 0 Å². The van der Waals surface area contributed by atoms with E-state index >= 15 is 0 Å². The molecule has 1 aliphatic heterocycles. The molecule has 116 valence electrons. The Labute approximate surface area is 129 Å². The maximum absolute atomic E-state index is 12.7. The van der Waals surface area contributed by atoms with Crippen LogP contribution in [0, 0.1) is 0 Å². The molecule has 0 bridgehead atoms. The quantitative estimate of drug-likeness (QED) is 0.899. The van der Waals surface area contributed by atoms with Gasteiger partial charge in [0.05, 0.1) is 19.1 Å². The molecule has 0 atom stereocenters.